The molecule has 7 heteroatoms. The maximum absolute atomic E-state index is 12.4. The van der Waals surface area contributed by atoms with E-state index in [0.717, 1.165) is 10.9 Å². The van der Waals surface area contributed by atoms with Gasteiger partial charge < -0.3 is 20.5 Å². The number of nitrogens with zero attached hydrogens (tertiary/aromatic N) is 1. The lowest BCUT2D eigenvalue weighted by molar-refractivity contribution is -0.118. The molecule has 0 saturated heterocycles. The van der Waals surface area contributed by atoms with Crippen LogP contribution in [0, 0.1) is 0 Å². The molecule has 1 aromatic heterocycles. The maximum Gasteiger partial charge on any atom is 0.254 e. The molecular weight excluding hydrogens is 356 g/mol. The standard InChI is InChI=1S/C21H20N4O3/c1-25-11-10-13-12-14(6-8-18(13)25)22-19(26)9-7-17-21(28)23-16-5-3-2-4-15(16)20(27)24-17/h2-6,8,10-12,17H,7,9H2,1H3,(H,22,26)(H,23,28)(H,24,27). The van der Waals surface area contributed by atoms with Crippen molar-refractivity contribution in [1.29, 1.82) is 0 Å². The summed E-state index contributed by atoms with van der Waals surface area (Å²) in [6.07, 6.45) is 2.29. The molecule has 3 amide bonds. The first-order valence-corrected chi connectivity index (χ1v) is 9.07. The minimum atomic E-state index is -0.762. The second kappa shape index (κ2) is 7.19. The van der Waals surface area contributed by atoms with E-state index in [1.54, 1.807) is 24.3 Å². The average Bonchev–Trinajstić information content (AvgIpc) is 2.99. The number of anilines is 2. The van der Waals surface area contributed by atoms with Gasteiger partial charge in [-0.3, -0.25) is 14.4 Å². The second-order valence-corrected chi connectivity index (χ2v) is 6.85. The van der Waals surface area contributed by atoms with Crippen molar-refractivity contribution >= 4 is 40.0 Å². The van der Waals surface area contributed by atoms with Crippen molar-refractivity contribution in [1.82, 2.24) is 9.88 Å². The number of hydrogen-bond donors (Lipinski definition) is 3. The molecule has 2 aromatic carbocycles. The van der Waals surface area contributed by atoms with Gasteiger partial charge in [0, 0.05) is 36.3 Å². The first kappa shape index (κ1) is 17.8. The van der Waals surface area contributed by atoms with Crippen molar-refractivity contribution in [3.05, 3.63) is 60.3 Å². The highest BCUT2D eigenvalue weighted by molar-refractivity contribution is 6.10. The van der Waals surface area contributed by atoms with E-state index in [1.807, 2.05) is 42.1 Å². The summed E-state index contributed by atoms with van der Waals surface area (Å²) in [5.74, 6) is -0.857. The van der Waals surface area contributed by atoms with Gasteiger partial charge in [0.05, 0.1) is 11.3 Å². The average molecular weight is 376 g/mol. The number of para-hydroxylation sites is 1. The van der Waals surface area contributed by atoms with Crippen LogP contribution in [0.15, 0.2) is 54.7 Å². The predicted octanol–water partition coefficient (Wildman–Crippen LogP) is 2.65. The van der Waals surface area contributed by atoms with Crippen molar-refractivity contribution in [2.75, 3.05) is 10.6 Å². The number of aromatic nitrogens is 1. The van der Waals surface area contributed by atoms with Gasteiger partial charge in [-0.05, 0) is 42.8 Å². The highest BCUT2D eigenvalue weighted by Gasteiger charge is 2.27. The summed E-state index contributed by atoms with van der Waals surface area (Å²) in [5.41, 5.74) is 2.67. The fourth-order valence-electron chi connectivity index (χ4n) is 3.37. The van der Waals surface area contributed by atoms with Gasteiger partial charge in [0.15, 0.2) is 0 Å². The molecule has 0 spiro atoms. The van der Waals surface area contributed by atoms with Crippen molar-refractivity contribution in [2.24, 2.45) is 7.05 Å². The van der Waals surface area contributed by atoms with Gasteiger partial charge in [-0.15, -0.1) is 0 Å². The van der Waals surface area contributed by atoms with Crippen molar-refractivity contribution in [3.63, 3.8) is 0 Å². The molecule has 0 radical (unpaired) electrons. The number of aryl methyl sites for hydroxylation is 1. The molecule has 0 aliphatic carbocycles. The molecule has 1 unspecified atom stereocenters. The molecule has 1 aliphatic rings. The smallest absolute Gasteiger partial charge is 0.254 e. The van der Waals surface area contributed by atoms with Crippen LogP contribution in [0.5, 0.6) is 0 Å². The van der Waals surface area contributed by atoms with Gasteiger partial charge >= 0.3 is 0 Å². The van der Waals surface area contributed by atoms with Crippen LogP contribution in [0.25, 0.3) is 10.9 Å². The van der Waals surface area contributed by atoms with Gasteiger partial charge in [0.25, 0.3) is 5.91 Å². The highest BCUT2D eigenvalue weighted by atomic mass is 16.2. The fourth-order valence-corrected chi connectivity index (χ4v) is 3.37. The van der Waals surface area contributed by atoms with E-state index in [-0.39, 0.29) is 30.6 Å². The quantitative estimate of drug-likeness (QED) is 0.654. The third-order valence-corrected chi connectivity index (χ3v) is 4.88. The molecule has 0 saturated carbocycles. The Kier molecular flexibility index (Phi) is 4.57. The normalized spacial score (nSPS) is 16.1. The summed E-state index contributed by atoms with van der Waals surface area (Å²) in [6.45, 7) is 0. The minimum Gasteiger partial charge on any atom is -0.351 e. The number of amides is 3. The molecule has 7 nitrogen and oxygen atoms in total. The van der Waals surface area contributed by atoms with Crippen LogP contribution in [0.3, 0.4) is 0 Å². The monoisotopic (exact) mass is 376 g/mol. The first-order chi connectivity index (χ1) is 13.5. The van der Waals surface area contributed by atoms with Crippen molar-refractivity contribution in [3.8, 4) is 0 Å². The molecule has 0 fully saturated rings. The number of carbonyl (C=O) groups is 3. The third-order valence-electron chi connectivity index (χ3n) is 4.88. The van der Waals surface area contributed by atoms with Crippen LogP contribution in [0.4, 0.5) is 11.4 Å². The number of rotatable bonds is 4. The summed E-state index contributed by atoms with van der Waals surface area (Å²) in [7, 11) is 1.96. The molecule has 1 atom stereocenters. The lowest BCUT2D eigenvalue weighted by Crippen LogP contribution is -2.41. The summed E-state index contributed by atoms with van der Waals surface area (Å²) >= 11 is 0. The van der Waals surface area contributed by atoms with E-state index in [2.05, 4.69) is 16.0 Å². The summed E-state index contributed by atoms with van der Waals surface area (Å²) in [6, 6.07) is 13.7. The third kappa shape index (κ3) is 3.46. The summed E-state index contributed by atoms with van der Waals surface area (Å²) in [4.78, 5) is 37.0. The lowest BCUT2D eigenvalue weighted by atomic mass is 10.1. The Morgan fingerprint density at radius 2 is 1.96 bits per heavy atom. The molecular formula is C21H20N4O3. The Morgan fingerprint density at radius 1 is 1.14 bits per heavy atom. The number of fused-ring (bicyclic) bond motifs is 2. The molecule has 0 bridgehead atoms. The minimum absolute atomic E-state index is 0.113. The zero-order chi connectivity index (χ0) is 19.7. The van der Waals surface area contributed by atoms with E-state index in [1.165, 1.54) is 0 Å². The topological polar surface area (TPSA) is 92.2 Å². The first-order valence-electron chi connectivity index (χ1n) is 9.07. The highest BCUT2D eigenvalue weighted by Crippen LogP contribution is 2.21. The van der Waals surface area contributed by atoms with Gasteiger partial charge in [0.1, 0.15) is 6.04 Å². The molecule has 3 aromatic rings. The van der Waals surface area contributed by atoms with Crippen LogP contribution >= 0.6 is 0 Å². The van der Waals surface area contributed by atoms with E-state index in [0.29, 0.717) is 16.9 Å². The summed E-state index contributed by atoms with van der Waals surface area (Å²) in [5, 5.41) is 9.32. The maximum atomic E-state index is 12.4. The largest absolute Gasteiger partial charge is 0.351 e. The molecule has 28 heavy (non-hydrogen) atoms. The van der Waals surface area contributed by atoms with Crippen LogP contribution in [-0.2, 0) is 16.6 Å². The molecule has 1 aliphatic heterocycles. The van der Waals surface area contributed by atoms with Gasteiger partial charge in [-0.25, -0.2) is 0 Å². The van der Waals surface area contributed by atoms with E-state index in [9.17, 15) is 14.4 Å². The molecule has 142 valence electrons. The predicted molar refractivity (Wildman–Crippen MR) is 107 cm³/mol. The Labute approximate surface area is 161 Å². The zero-order valence-electron chi connectivity index (χ0n) is 15.4. The van der Waals surface area contributed by atoms with E-state index < -0.39 is 6.04 Å². The Bertz CT molecular complexity index is 1090. The number of benzene rings is 2. The van der Waals surface area contributed by atoms with Crippen LogP contribution in [0.1, 0.15) is 23.2 Å². The molecule has 3 N–H and O–H groups in total. The van der Waals surface area contributed by atoms with E-state index >= 15 is 0 Å². The van der Waals surface area contributed by atoms with Crippen LogP contribution in [-0.4, -0.2) is 28.3 Å². The number of hydrogen-bond acceptors (Lipinski definition) is 3. The summed E-state index contributed by atoms with van der Waals surface area (Å²) < 4.78 is 2.01. The SMILES string of the molecule is Cn1ccc2cc(NC(=O)CCC3NC(=O)c4ccccc4NC3=O)ccc21. The Morgan fingerprint density at radius 3 is 2.82 bits per heavy atom. The van der Waals surface area contributed by atoms with Gasteiger partial charge in [0.2, 0.25) is 11.8 Å². The van der Waals surface area contributed by atoms with Crippen molar-refractivity contribution < 1.29 is 14.4 Å². The second-order valence-electron chi connectivity index (χ2n) is 6.85. The Balaban J connectivity index is 1.39. The van der Waals surface area contributed by atoms with E-state index in [4.69, 9.17) is 0 Å². The van der Waals surface area contributed by atoms with Crippen LogP contribution < -0.4 is 16.0 Å². The fraction of sp³-hybridized carbons (Fsp3) is 0.190. The molecule has 2 heterocycles. The number of carbonyl (C=O) groups excluding carboxylic acids is 3. The van der Waals surface area contributed by atoms with Crippen LogP contribution in [0.2, 0.25) is 0 Å². The number of nitrogens with one attached hydrogen (secondary N) is 3. The Hall–Kier alpha value is -3.61. The van der Waals surface area contributed by atoms with Crippen molar-refractivity contribution in [2.45, 2.75) is 18.9 Å². The molecule has 4 rings (SSSR count). The van der Waals surface area contributed by atoms with Gasteiger partial charge in [-0.2, -0.15) is 0 Å². The lowest BCUT2D eigenvalue weighted by Gasteiger charge is -2.14. The zero-order valence-corrected chi connectivity index (χ0v) is 15.4. The van der Waals surface area contributed by atoms with Gasteiger partial charge in [-0.1, -0.05) is 12.1 Å².